The predicted octanol–water partition coefficient (Wildman–Crippen LogP) is 3.01. The summed E-state index contributed by atoms with van der Waals surface area (Å²) in [6.07, 6.45) is 1.45. The van der Waals surface area contributed by atoms with Gasteiger partial charge in [0.25, 0.3) is 10.0 Å². The highest BCUT2D eigenvalue weighted by atomic mass is 35.5. The van der Waals surface area contributed by atoms with E-state index >= 15 is 0 Å². The SMILES string of the molecule is Cc1nn(CC(C)C)c(C)c1S(=O)(=O)Nc1cc(Cl)ccn1. The van der Waals surface area contributed by atoms with Crippen LogP contribution in [0.3, 0.4) is 0 Å². The number of nitrogens with one attached hydrogen (secondary N) is 1. The number of anilines is 1. The number of pyridine rings is 1. The van der Waals surface area contributed by atoms with Gasteiger partial charge in [0.15, 0.2) is 0 Å². The van der Waals surface area contributed by atoms with Crippen molar-refractivity contribution in [3.05, 3.63) is 34.7 Å². The van der Waals surface area contributed by atoms with Gasteiger partial charge in [0, 0.05) is 23.8 Å². The summed E-state index contributed by atoms with van der Waals surface area (Å²) in [5, 5.41) is 4.74. The van der Waals surface area contributed by atoms with Gasteiger partial charge in [0.05, 0.1) is 11.4 Å². The number of rotatable bonds is 5. The molecule has 0 aromatic carbocycles. The third-order valence-corrected chi connectivity index (χ3v) is 4.92. The Hall–Kier alpha value is -1.60. The minimum atomic E-state index is -3.76. The van der Waals surface area contributed by atoms with Crippen molar-refractivity contribution >= 4 is 27.4 Å². The topological polar surface area (TPSA) is 76.9 Å². The summed E-state index contributed by atoms with van der Waals surface area (Å²) in [7, 11) is -3.76. The summed E-state index contributed by atoms with van der Waals surface area (Å²) < 4.78 is 29.4. The lowest BCUT2D eigenvalue weighted by molar-refractivity contribution is 0.472. The molecule has 2 aromatic heterocycles. The normalized spacial score (nSPS) is 11.9. The monoisotopic (exact) mass is 342 g/mol. The molecule has 22 heavy (non-hydrogen) atoms. The minimum Gasteiger partial charge on any atom is -0.268 e. The zero-order chi connectivity index (χ0) is 16.5. The third-order valence-electron chi connectivity index (χ3n) is 3.08. The van der Waals surface area contributed by atoms with Crippen molar-refractivity contribution < 1.29 is 8.42 Å². The fraction of sp³-hybridized carbons (Fsp3) is 0.429. The Morgan fingerprint density at radius 3 is 2.64 bits per heavy atom. The molecule has 6 nitrogen and oxygen atoms in total. The number of sulfonamides is 1. The van der Waals surface area contributed by atoms with Crippen LogP contribution in [0, 0.1) is 19.8 Å². The number of hydrogen-bond donors (Lipinski definition) is 1. The van der Waals surface area contributed by atoms with Crippen molar-refractivity contribution in [2.75, 3.05) is 4.72 Å². The van der Waals surface area contributed by atoms with E-state index in [1.165, 1.54) is 12.3 Å². The molecule has 0 bridgehead atoms. The van der Waals surface area contributed by atoms with Gasteiger partial charge in [-0.15, -0.1) is 0 Å². The van der Waals surface area contributed by atoms with E-state index in [1.807, 2.05) is 0 Å². The highest BCUT2D eigenvalue weighted by Crippen LogP contribution is 2.23. The second kappa shape index (κ2) is 6.26. The first-order chi connectivity index (χ1) is 10.2. The van der Waals surface area contributed by atoms with Crippen LogP contribution in [-0.2, 0) is 16.6 Å². The van der Waals surface area contributed by atoms with E-state index in [-0.39, 0.29) is 10.7 Å². The van der Waals surface area contributed by atoms with Crippen LogP contribution < -0.4 is 4.72 Å². The molecule has 0 aliphatic heterocycles. The fourth-order valence-electron chi connectivity index (χ4n) is 2.24. The first-order valence-electron chi connectivity index (χ1n) is 6.89. The number of aryl methyl sites for hydroxylation is 1. The van der Waals surface area contributed by atoms with Gasteiger partial charge in [-0.05, 0) is 25.8 Å². The van der Waals surface area contributed by atoms with E-state index in [0.29, 0.717) is 28.9 Å². The van der Waals surface area contributed by atoms with Gasteiger partial charge in [-0.2, -0.15) is 5.10 Å². The van der Waals surface area contributed by atoms with Crippen LogP contribution in [0.2, 0.25) is 5.02 Å². The van der Waals surface area contributed by atoms with E-state index in [0.717, 1.165) is 0 Å². The molecule has 0 aliphatic carbocycles. The zero-order valence-corrected chi connectivity index (χ0v) is 14.5. The maximum Gasteiger partial charge on any atom is 0.266 e. The molecule has 8 heteroatoms. The Morgan fingerprint density at radius 2 is 2.05 bits per heavy atom. The van der Waals surface area contributed by atoms with Crippen molar-refractivity contribution in [1.82, 2.24) is 14.8 Å². The molecule has 0 atom stereocenters. The van der Waals surface area contributed by atoms with Gasteiger partial charge in [0.1, 0.15) is 10.7 Å². The largest absolute Gasteiger partial charge is 0.268 e. The Kier molecular flexibility index (Phi) is 4.77. The van der Waals surface area contributed by atoms with Gasteiger partial charge in [0.2, 0.25) is 0 Å². The summed E-state index contributed by atoms with van der Waals surface area (Å²) >= 11 is 5.85. The molecule has 1 N–H and O–H groups in total. The molecule has 0 spiro atoms. The van der Waals surface area contributed by atoms with Gasteiger partial charge >= 0.3 is 0 Å². The third kappa shape index (κ3) is 3.59. The summed E-state index contributed by atoms with van der Waals surface area (Å²) in [6, 6.07) is 3.04. The summed E-state index contributed by atoms with van der Waals surface area (Å²) in [5.41, 5.74) is 1.08. The van der Waals surface area contributed by atoms with Gasteiger partial charge < -0.3 is 0 Å². The summed E-state index contributed by atoms with van der Waals surface area (Å²) in [6.45, 7) is 8.21. The summed E-state index contributed by atoms with van der Waals surface area (Å²) in [5.74, 6) is 0.555. The van der Waals surface area contributed by atoms with Gasteiger partial charge in [-0.25, -0.2) is 13.4 Å². The smallest absolute Gasteiger partial charge is 0.266 e. The zero-order valence-electron chi connectivity index (χ0n) is 13.0. The molecule has 0 unspecified atom stereocenters. The van der Waals surface area contributed by atoms with E-state index < -0.39 is 10.0 Å². The molecule has 2 aromatic rings. The highest BCUT2D eigenvalue weighted by molar-refractivity contribution is 7.92. The molecule has 120 valence electrons. The van der Waals surface area contributed by atoms with Crippen LogP contribution in [-0.4, -0.2) is 23.2 Å². The molecule has 0 fully saturated rings. The second-order valence-corrected chi connectivity index (χ2v) is 7.60. The molecular formula is C14H19ClN4O2S. The van der Waals surface area contributed by atoms with E-state index in [9.17, 15) is 8.42 Å². The number of hydrogen-bond acceptors (Lipinski definition) is 4. The predicted molar refractivity (Wildman–Crippen MR) is 86.6 cm³/mol. The fourth-order valence-corrected chi connectivity index (χ4v) is 3.82. The van der Waals surface area contributed by atoms with Crippen LogP contribution in [0.15, 0.2) is 23.2 Å². The van der Waals surface area contributed by atoms with Crippen molar-refractivity contribution in [2.24, 2.45) is 5.92 Å². The van der Waals surface area contributed by atoms with Crippen molar-refractivity contribution in [1.29, 1.82) is 0 Å². The molecule has 2 rings (SSSR count). The number of aromatic nitrogens is 3. The average molecular weight is 343 g/mol. The lowest BCUT2D eigenvalue weighted by atomic mass is 10.2. The second-order valence-electron chi connectivity index (χ2n) is 5.54. The number of halogens is 1. The lowest BCUT2D eigenvalue weighted by Crippen LogP contribution is -2.16. The quantitative estimate of drug-likeness (QED) is 0.906. The van der Waals surface area contributed by atoms with Crippen molar-refractivity contribution in [3.8, 4) is 0 Å². The van der Waals surface area contributed by atoms with E-state index in [2.05, 4.69) is 28.7 Å². The molecule has 0 saturated carbocycles. The van der Waals surface area contributed by atoms with Crippen molar-refractivity contribution in [3.63, 3.8) is 0 Å². The first kappa shape index (κ1) is 16.8. The molecule has 0 radical (unpaired) electrons. The molecule has 0 saturated heterocycles. The highest BCUT2D eigenvalue weighted by Gasteiger charge is 2.25. The first-order valence-corrected chi connectivity index (χ1v) is 8.75. The van der Waals surface area contributed by atoms with Crippen LogP contribution in [0.1, 0.15) is 25.2 Å². The Bertz CT molecular complexity index is 784. The maximum absolute atomic E-state index is 12.6. The molecule has 0 aliphatic rings. The van der Waals surface area contributed by atoms with Gasteiger partial charge in [-0.3, -0.25) is 9.40 Å². The van der Waals surface area contributed by atoms with Crippen LogP contribution >= 0.6 is 11.6 Å². The average Bonchev–Trinajstić information content (AvgIpc) is 2.63. The lowest BCUT2D eigenvalue weighted by Gasteiger charge is -2.09. The molecular weight excluding hydrogens is 324 g/mol. The van der Waals surface area contributed by atoms with Crippen LogP contribution in [0.25, 0.3) is 0 Å². The number of nitrogens with zero attached hydrogens (tertiary/aromatic N) is 3. The molecule has 0 amide bonds. The minimum absolute atomic E-state index is 0.183. The van der Waals surface area contributed by atoms with E-state index in [4.69, 9.17) is 11.6 Å². The Labute approximate surface area is 135 Å². The standard InChI is InChI=1S/C14H19ClN4O2S/c1-9(2)8-19-11(4)14(10(3)17-19)22(20,21)18-13-7-12(15)5-6-16-13/h5-7,9H,8H2,1-4H3,(H,16,18). The van der Waals surface area contributed by atoms with Gasteiger partial charge in [-0.1, -0.05) is 25.4 Å². The molecule has 2 heterocycles. The Balaban J connectivity index is 2.39. The van der Waals surface area contributed by atoms with E-state index in [1.54, 1.807) is 24.6 Å². The Morgan fingerprint density at radius 1 is 1.36 bits per heavy atom. The van der Waals surface area contributed by atoms with Crippen LogP contribution in [0.4, 0.5) is 5.82 Å². The maximum atomic E-state index is 12.6. The van der Waals surface area contributed by atoms with Crippen LogP contribution in [0.5, 0.6) is 0 Å². The summed E-state index contributed by atoms with van der Waals surface area (Å²) in [4.78, 5) is 4.15. The van der Waals surface area contributed by atoms with Crippen molar-refractivity contribution in [2.45, 2.75) is 39.1 Å².